The number of carbonyl (C=O) groups excluding carboxylic acids is 1. The van der Waals surface area contributed by atoms with Crippen molar-refractivity contribution in [3.63, 3.8) is 0 Å². The molecule has 0 radical (unpaired) electrons. The fourth-order valence-electron chi connectivity index (χ4n) is 4.59. The number of benzene rings is 2. The molecule has 35 heavy (non-hydrogen) atoms. The number of para-hydroxylation sites is 1. The minimum atomic E-state index is -0.647. The smallest absolute Gasteiger partial charge is 0.296 e. The van der Waals surface area contributed by atoms with Crippen LogP contribution < -0.4 is 15.1 Å². The average molecular weight is 469 g/mol. The van der Waals surface area contributed by atoms with E-state index in [1.54, 1.807) is 35.4 Å². The summed E-state index contributed by atoms with van der Waals surface area (Å²) < 4.78 is 11.9. The zero-order valence-corrected chi connectivity index (χ0v) is 20.0. The van der Waals surface area contributed by atoms with Gasteiger partial charge in [0, 0.05) is 6.20 Å². The van der Waals surface area contributed by atoms with Gasteiger partial charge in [-0.2, -0.15) is 0 Å². The topological polar surface area (TPSA) is 72.6 Å². The lowest BCUT2D eigenvalue weighted by Crippen LogP contribution is -2.30. The van der Waals surface area contributed by atoms with Crippen LogP contribution in [0, 0.1) is 6.92 Å². The largest absolute Gasteiger partial charge is 0.494 e. The number of nitrogens with zero attached hydrogens (tertiary/aromatic N) is 2. The first-order valence-electron chi connectivity index (χ1n) is 12.1. The summed E-state index contributed by atoms with van der Waals surface area (Å²) in [4.78, 5) is 33.2. The van der Waals surface area contributed by atoms with E-state index in [1.165, 1.54) is 12.8 Å². The maximum Gasteiger partial charge on any atom is 0.296 e. The van der Waals surface area contributed by atoms with E-state index >= 15 is 0 Å². The summed E-state index contributed by atoms with van der Waals surface area (Å²) >= 11 is 0. The molecule has 0 bridgehead atoms. The number of fused-ring (bicyclic) bond motifs is 2. The molecule has 1 amide bonds. The third kappa shape index (κ3) is 4.32. The van der Waals surface area contributed by atoms with Gasteiger partial charge in [0.1, 0.15) is 17.2 Å². The molecule has 2 aromatic carbocycles. The summed E-state index contributed by atoms with van der Waals surface area (Å²) in [5.41, 5.74) is 2.29. The maximum absolute atomic E-state index is 13.6. The van der Waals surface area contributed by atoms with E-state index in [-0.39, 0.29) is 17.1 Å². The molecule has 0 saturated carbocycles. The van der Waals surface area contributed by atoms with Crippen LogP contribution in [0.2, 0.25) is 0 Å². The molecule has 3 heterocycles. The molecule has 1 aliphatic rings. The predicted octanol–water partition coefficient (Wildman–Crippen LogP) is 6.21. The zero-order chi connectivity index (χ0) is 24.4. The molecule has 4 aromatic rings. The lowest BCUT2D eigenvalue weighted by atomic mass is 9.98. The molecule has 0 saturated heterocycles. The number of amides is 1. The van der Waals surface area contributed by atoms with Crippen LogP contribution in [0.3, 0.4) is 0 Å². The van der Waals surface area contributed by atoms with E-state index in [9.17, 15) is 9.59 Å². The number of ether oxygens (including phenoxy) is 1. The van der Waals surface area contributed by atoms with Crippen LogP contribution >= 0.6 is 0 Å². The fraction of sp³-hybridized carbons (Fsp3) is 0.276. The van der Waals surface area contributed by atoms with Crippen LogP contribution in [0.5, 0.6) is 5.75 Å². The van der Waals surface area contributed by atoms with Crippen molar-refractivity contribution in [1.82, 2.24) is 4.98 Å². The van der Waals surface area contributed by atoms with Gasteiger partial charge in [-0.15, -0.1) is 0 Å². The highest BCUT2D eigenvalue weighted by molar-refractivity contribution is 6.10. The van der Waals surface area contributed by atoms with Crippen molar-refractivity contribution >= 4 is 22.7 Å². The number of rotatable bonds is 8. The van der Waals surface area contributed by atoms with Crippen molar-refractivity contribution in [2.45, 2.75) is 45.6 Å². The zero-order valence-electron chi connectivity index (χ0n) is 20.0. The Labute approximate surface area is 204 Å². The number of aryl methyl sites for hydroxylation is 1. The van der Waals surface area contributed by atoms with Crippen molar-refractivity contribution in [3.05, 3.63) is 99.5 Å². The molecular formula is C29H28N2O4. The highest BCUT2D eigenvalue weighted by Crippen LogP contribution is 2.41. The Morgan fingerprint density at radius 2 is 1.80 bits per heavy atom. The molecule has 2 aromatic heterocycles. The van der Waals surface area contributed by atoms with E-state index in [4.69, 9.17) is 9.15 Å². The molecule has 1 atom stereocenters. The van der Waals surface area contributed by atoms with Crippen LogP contribution in [0.1, 0.15) is 65.9 Å². The minimum Gasteiger partial charge on any atom is -0.494 e. The Morgan fingerprint density at radius 3 is 2.57 bits per heavy atom. The minimum absolute atomic E-state index is 0.0678. The number of aromatic nitrogens is 1. The second-order valence-corrected chi connectivity index (χ2v) is 8.92. The molecule has 5 rings (SSSR count). The Balaban J connectivity index is 1.56. The summed E-state index contributed by atoms with van der Waals surface area (Å²) in [6.07, 6.45) is 6.22. The Bertz CT molecular complexity index is 1430. The number of unbranched alkanes of at least 4 members (excludes halogenated alkanes) is 3. The maximum atomic E-state index is 13.6. The van der Waals surface area contributed by atoms with Gasteiger partial charge in [-0.05, 0) is 60.9 Å². The first kappa shape index (κ1) is 22.8. The Morgan fingerprint density at radius 1 is 1.00 bits per heavy atom. The van der Waals surface area contributed by atoms with Crippen molar-refractivity contribution in [2.24, 2.45) is 0 Å². The fourth-order valence-corrected chi connectivity index (χ4v) is 4.59. The molecular weight excluding hydrogens is 440 g/mol. The van der Waals surface area contributed by atoms with Crippen molar-refractivity contribution in [3.8, 4) is 5.75 Å². The van der Waals surface area contributed by atoms with Gasteiger partial charge >= 0.3 is 0 Å². The second-order valence-electron chi connectivity index (χ2n) is 8.92. The van der Waals surface area contributed by atoms with Crippen molar-refractivity contribution < 1.29 is 13.9 Å². The highest BCUT2D eigenvalue weighted by atomic mass is 16.5. The summed E-state index contributed by atoms with van der Waals surface area (Å²) in [6, 6.07) is 17.7. The second kappa shape index (κ2) is 9.74. The predicted molar refractivity (Wildman–Crippen MR) is 136 cm³/mol. The number of hydrogen-bond acceptors (Lipinski definition) is 5. The molecule has 1 aliphatic heterocycles. The average Bonchev–Trinajstić information content (AvgIpc) is 3.17. The van der Waals surface area contributed by atoms with Crippen LogP contribution in [-0.2, 0) is 0 Å². The molecule has 0 spiro atoms. The molecule has 6 nitrogen and oxygen atoms in total. The lowest BCUT2D eigenvalue weighted by molar-refractivity contribution is 0.0970. The first-order valence-corrected chi connectivity index (χ1v) is 12.1. The van der Waals surface area contributed by atoms with Gasteiger partial charge in [0.25, 0.3) is 5.91 Å². The number of pyridine rings is 1. The van der Waals surface area contributed by atoms with Gasteiger partial charge in [-0.3, -0.25) is 14.5 Å². The molecule has 178 valence electrons. The first-order chi connectivity index (χ1) is 17.1. The van der Waals surface area contributed by atoms with Crippen LogP contribution in [0.4, 0.5) is 5.82 Å². The third-order valence-corrected chi connectivity index (χ3v) is 6.39. The van der Waals surface area contributed by atoms with Gasteiger partial charge in [-0.1, -0.05) is 50.5 Å². The molecule has 6 heteroatoms. The monoisotopic (exact) mass is 468 g/mol. The lowest BCUT2D eigenvalue weighted by Gasteiger charge is -2.24. The Kier molecular flexibility index (Phi) is 6.36. The summed E-state index contributed by atoms with van der Waals surface area (Å²) in [5.74, 6) is 0.937. The van der Waals surface area contributed by atoms with Gasteiger partial charge < -0.3 is 9.15 Å². The normalized spacial score (nSPS) is 15.0. The van der Waals surface area contributed by atoms with E-state index in [0.717, 1.165) is 29.7 Å². The van der Waals surface area contributed by atoms with E-state index in [0.29, 0.717) is 29.0 Å². The van der Waals surface area contributed by atoms with E-state index < -0.39 is 6.04 Å². The van der Waals surface area contributed by atoms with E-state index in [2.05, 4.69) is 11.9 Å². The quantitative estimate of drug-likeness (QED) is 0.288. The number of carbonyl (C=O) groups is 1. The summed E-state index contributed by atoms with van der Waals surface area (Å²) in [5, 5.41) is 0.454. The number of anilines is 1. The molecule has 0 unspecified atom stereocenters. The SMILES string of the molecule is CCCCCCOc1ccc([C@@H]2c3c(oc4ccccc4c3=O)C(=O)N2c2cc(C)ccn2)cc1. The van der Waals surface area contributed by atoms with Gasteiger partial charge in [0.15, 0.2) is 5.43 Å². The van der Waals surface area contributed by atoms with E-state index in [1.807, 2.05) is 43.3 Å². The van der Waals surface area contributed by atoms with Gasteiger partial charge in [-0.25, -0.2) is 4.98 Å². The van der Waals surface area contributed by atoms with Crippen molar-refractivity contribution in [1.29, 1.82) is 0 Å². The van der Waals surface area contributed by atoms with Gasteiger partial charge in [0.2, 0.25) is 5.76 Å². The summed E-state index contributed by atoms with van der Waals surface area (Å²) in [7, 11) is 0. The Hall–Kier alpha value is -3.93. The standard InChI is InChI=1S/C29H28N2O4/c1-3-4-5-8-17-34-21-13-11-20(12-14-21)26-25-27(32)22-9-6-7-10-23(22)35-28(25)29(33)31(26)24-18-19(2)15-16-30-24/h6-7,9-16,18,26H,3-5,8,17H2,1-2H3/t26-/m1/s1. The molecule has 0 fully saturated rings. The van der Waals surface area contributed by atoms with Crippen molar-refractivity contribution in [2.75, 3.05) is 11.5 Å². The molecule has 0 aliphatic carbocycles. The van der Waals surface area contributed by atoms with Crippen LogP contribution in [0.15, 0.2) is 76.1 Å². The summed E-state index contributed by atoms with van der Waals surface area (Å²) in [6.45, 7) is 4.79. The van der Waals surface area contributed by atoms with Crippen LogP contribution in [0.25, 0.3) is 11.0 Å². The number of hydrogen-bond donors (Lipinski definition) is 0. The van der Waals surface area contributed by atoms with Crippen LogP contribution in [-0.4, -0.2) is 17.5 Å². The highest BCUT2D eigenvalue weighted by Gasteiger charge is 2.44. The third-order valence-electron chi connectivity index (χ3n) is 6.39. The molecule has 0 N–H and O–H groups in total. The van der Waals surface area contributed by atoms with Gasteiger partial charge in [0.05, 0.1) is 23.6 Å².